The lowest BCUT2D eigenvalue weighted by Gasteiger charge is -2.37. The molecule has 0 atom stereocenters. The van der Waals surface area contributed by atoms with E-state index in [9.17, 15) is 22.7 Å². The maximum Gasteiger partial charge on any atom is 0.391 e. The van der Waals surface area contributed by atoms with Gasteiger partial charge in [-0.3, -0.25) is 0 Å². The van der Waals surface area contributed by atoms with Crippen molar-refractivity contribution in [2.24, 2.45) is 5.92 Å². The van der Waals surface area contributed by atoms with E-state index in [-0.39, 0.29) is 37.1 Å². The van der Waals surface area contributed by atoms with Gasteiger partial charge in [0.2, 0.25) is 0 Å². The SMILES string of the molecule is OC1(Cc2cccc(F)c2Cl)CCC(C(F)(F)F)CC1. The molecular formula is C14H15ClF4O. The summed E-state index contributed by atoms with van der Waals surface area (Å²) in [6.45, 7) is 0. The zero-order valence-electron chi connectivity index (χ0n) is 10.7. The van der Waals surface area contributed by atoms with E-state index in [0.717, 1.165) is 0 Å². The van der Waals surface area contributed by atoms with Gasteiger partial charge in [0.15, 0.2) is 0 Å². The van der Waals surface area contributed by atoms with E-state index in [0.29, 0.717) is 5.56 Å². The smallest absolute Gasteiger partial charge is 0.390 e. The fourth-order valence-corrected chi connectivity index (χ4v) is 2.89. The topological polar surface area (TPSA) is 20.2 Å². The normalized spacial score (nSPS) is 27.6. The molecule has 6 heteroatoms. The van der Waals surface area contributed by atoms with Crippen molar-refractivity contribution in [1.29, 1.82) is 0 Å². The van der Waals surface area contributed by atoms with Crippen LogP contribution in [-0.2, 0) is 6.42 Å². The summed E-state index contributed by atoms with van der Waals surface area (Å²) in [5.74, 6) is -1.94. The maximum atomic E-state index is 13.3. The Hall–Kier alpha value is -0.810. The van der Waals surface area contributed by atoms with Crippen molar-refractivity contribution in [3.8, 4) is 0 Å². The van der Waals surface area contributed by atoms with Crippen molar-refractivity contribution >= 4 is 11.6 Å². The second-order valence-electron chi connectivity index (χ2n) is 5.43. The molecule has 1 fully saturated rings. The molecule has 0 spiro atoms. The van der Waals surface area contributed by atoms with Crippen molar-refractivity contribution in [3.05, 3.63) is 34.6 Å². The summed E-state index contributed by atoms with van der Waals surface area (Å²) in [5, 5.41) is 10.3. The van der Waals surface area contributed by atoms with E-state index in [1.165, 1.54) is 12.1 Å². The van der Waals surface area contributed by atoms with E-state index >= 15 is 0 Å². The van der Waals surface area contributed by atoms with E-state index in [2.05, 4.69) is 0 Å². The quantitative estimate of drug-likeness (QED) is 0.797. The fourth-order valence-electron chi connectivity index (χ4n) is 2.70. The zero-order chi connectivity index (χ0) is 15.0. The first kappa shape index (κ1) is 15.6. The van der Waals surface area contributed by atoms with Crippen molar-refractivity contribution in [1.82, 2.24) is 0 Å². The highest BCUT2D eigenvalue weighted by Gasteiger charge is 2.45. The Kier molecular flexibility index (Phi) is 4.30. The molecule has 2 rings (SSSR count). The predicted octanol–water partition coefficient (Wildman–Crippen LogP) is 4.51. The molecule has 112 valence electrons. The van der Waals surface area contributed by atoms with Crippen molar-refractivity contribution in [2.75, 3.05) is 0 Å². The van der Waals surface area contributed by atoms with Crippen LogP contribution in [0.25, 0.3) is 0 Å². The van der Waals surface area contributed by atoms with E-state index in [4.69, 9.17) is 11.6 Å². The minimum absolute atomic E-state index is 0.0457. The van der Waals surface area contributed by atoms with Crippen LogP contribution in [0.4, 0.5) is 17.6 Å². The molecule has 0 unspecified atom stereocenters. The lowest BCUT2D eigenvalue weighted by atomic mass is 9.75. The Morgan fingerprint density at radius 3 is 2.40 bits per heavy atom. The third-order valence-electron chi connectivity index (χ3n) is 3.93. The molecular weight excluding hydrogens is 296 g/mol. The van der Waals surface area contributed by atoms with Crippen LogP contribution in [-0.4, -0.2) is 16.9 Å². The molecule has 1 aliphatic carbocycles. The molecule has 1 aromatic carbocycles. The third-order valence-corrected chi connectivity index (χ3v) is 4.35. The van der Waals surface area contributed by atoms with Crippen molar-refractivity contribution < 1.29 is 22.7 Å². The van der Waals surface area contributed by atoms with Crippen LogP contribution in [0.5, 0.6) is 0 Å². The summed E-state index contributed by atoms with van der Waals surface area (Å²) in [5.41, 5.74) is -0.807. The van der Waals surface area contributed by atoms with Gasteiger partial charge in [-0.2, -0.15) is 13.2 Å². The molecule has 0 aromatic heterocycles. The molecule has 1 aliphatic rings. The number of alkyl halides is 3. The summed E-state index contributed by atoms with van der Waals surface area (Å²) in [4.78, 5) is 0. The molecule has 1 aromatic rings. The highest BCUT2D eigenvalue weighted by molar-refractivity contribution is 6.31. The second-order valence-corrected chi connectivity index (χ2v) is 5.81. The summed E-state index contributed by atoms with van der Waals surface area (Å²) < 4.78 is 51.1. The second kappa shape index (κ2) is 5.53. The van der Waals surface area contributed by atoms with Crippen LogP contribution >= 0.6 is 11.6 Å². The summed E-state index contributed by atoms with van der Waals surface area (Å²) in [6.07, 6.45) is -4.25. The summed E-state index contributed by atoms with van der Waals surface area (Å²) in [7, 11) is 0. The van der Waals surface area contributed by atoms with Crippen LogP contribution < -0.4 is 0 Å². The van der Waals surface area contributed by atoms with Gasteiger partial charge in [0.25, 0.3) is 0 Å². The molecule has 0 aliphatic heterocycles. The summed E-state index contributed by atoms with van der Waals surface area (Å²) >= 11 is 5.81. The van der Waals surface area contributed by atoms with Crippen LogP contribution in [0, 0.1) is 11.7 Å². The fraction of sp³-hybridized carbons (Fsp3) is 0.571. The van der Waals surface area contributed by atoms with Gasteiger partial charge >= 0.3 is 6.18 Å². The van der Waals surface area contributed by atoms with Gasteiger partial charge in [0.05, 0.1) is 16.5 Å². The van der Waals surface area contributed by atoms with Gasteiger partial charge in [0, 0.05) is 6.42 Å². The highest BCUT2D eigenvalue weighted by atomic mass is 35.5. The van der Waals surface area contributed by atoms with Crippen LogP contribution in [0.2, 0.25) is 5.02 Å². The summed E-state index contributed by atoms with van der Waals surface area (Å²) in [6, 6.07) is 4.26. The first-order valence-corrected chi connectivity index (χ1v) is 6.81. The van der Waals surface area contributed by atoms with Gasteiger partial charge in [0.1, 0.15) is 5.82 Å². The molecule has 20 heavy (non-hydrogen) atoms. The van der Waals surface area contributed by atoms with Gasteiger partial charge in [-0.15, -0.1) is 0 Å². The Bertz CT molecular complexity index is 479. The molecule has 1 saturated carbocycles. The average Bonchev–Trinajstić information content (AvgIpc) is 2.34. The largest absolute Gasteiger partial charge is 0.391 e. The molecule has 0 radical (unpaired) electrons. The lowest BCUT2D eigenvalue weighted by Crippen LogP contribution is -2.39. The minimum atomic E-state index is -4.21. The van der Waals surface area contributed by atoms with Crippen molar-refractivity contribution in [2.45, 2.75) is 43.9 Å². The van der Waals surface area contributed by atoms with Crippen LogP contribution in [0.1, 0.15) is 31.2 Å². The number of halogens is 5. The van der Waals surface area contributed by atoms with Gasteiger partial charge in [-0.05, 0) is 37.3 Å². The van der Waals surface area contributed by atoms with Gasteiger partial charge < -0.3 is 5.11 Å². The Morgan fingerprint density at radius 2 is 1.85 bits per heavy atom. The Labute approximate surface area is 119 Å². The Balaban J connectivity index is 2.05. The minimum Gasteiger partial charge on any atom is -0.390 e. The number of aliphatic hydroxyl groups is 1. The average molecular weight is 311 g/mol. The lowest BCUT2D eigenvalue weighted by molar-refractivity contribution is -0.192. The molecule has 0 amide bonds. The van der Waals surface area contributed by atoms with E-state index < -0.39 is 23.5 Å². The molecule has 0 heterocycles. The predicted molar refractivity (Wildman–Crippen MR) is 68.1 cm³/mol. The Morgan fingerprint density at radius 1 is 1.25 bits per heavy atom. The third kappa shape index (κ3) is 3.44. The van der Waals surface area contributed by atoms with E-state index in [1.54, 1.807) is 6.07 Å². The molecule has 0 saturated heterocycles. The molecule has 1 nitrogen and oxygen atoms in total. The highest BCUT2D eigenvalue weighted by Crippen LogP contribution is 2.42. The van der Waals surface area contributed by atoms with Gasteiger partial charge in [-0.25, -0.2) is 4.39 Å². The number of rotatable bonds is 2. The van der Waals surface area contributed by atoms with Gasteiger partial charge in [-0.1, -0.05) is 23.7 Å². The van der Waals surface area contributed by atoms with E-state index in [1.807, 2.05) is 0 Å². The van der Waals surface area contributed by atoms with Crippen LogP contribution in [0.3, 0.4) is 0 Å². The molecule has 1 N–H and O–H groups in total. The van der Waals surface area contributed by atoms with Crippen LogP contribution in [0.15, 0.2) is 18.2 Å². The maximum absolute atomic E-state index is 13.3. The standard InChI is InChI=1S/C14H15ClF4O/c15-12-9(2-1-3-11(12)16)8-13(20)6-4-10(5-7-13)14(17,18)19/h1-3,10,20H,4-8H2. The zero-order valence-corrected chi connectivity index (χ0v) is 11.4. The number of hydrogen-bond donors (Lipinski definition) is 1. The first-order chi connectivity index (χ1) is 9.21. The monoisotopic (exact) mass is 310 g/mol. The molecule has 0 bridgehead atoms. The number of hydrogen-bond acceptors (Lipinski definition) is 1. The number of benzene rings is 1. The van der Waals surface area contributed by atoms with Crippen molar-refractivity contribution in [3.63, 3.8) is 0 Å². The first-order valence-electron chi connectivity index (χ1n) is 6.43.